The number of aryl methyl sites for hydroxylation is 1. The Morgan fingerprint density at radius 3 is 2.26 bits per heavy atom. The van der Waals surface area contributed by atoms with Crippen LogP contribution in [0.2, 0.25) is 5.02 Å². The minimum atomic E-state index is -4.15. The van der Waals surface area contributed by atoms with Crippen molar-refractivity contribution in [3.63, 3.8) is 0 Å². The van der Waals surface area contributed by atoms with Crippen LogP contribution in [0.15, 0.2) is 77.7 Å². The number of anilines is 1. The van der Waals surface area contributed by atoms with Crippen molar-refractivity contribution >= 4 is 39.1 Å². The molecule has 0 saturated heterocycles. The quantitative estimate of drug-likeness (QED) is 0.337. The fourth-order valence-corrected chi connectivity index (χ4v) is 5.61. The first-order chi connectivity index (χ1) is 18.6. The molecule has 0 unspecified atom stereocenters. The number of halogens is 1. The molecule has 0 fully saturated rings. The first-order valence-corrected chi connectivity index (χ1v) is 14.5. The maximum atomic E-state index is 13.9. The van der Waals surface area contributed by atoms with Crippen molar-refractivity contribution in [3.8, 4) is 5.75 Å². The first-order valence-electron chi connectivity index (χ1n) is 12.7. The molecule has 208 valence electrons. The van der Waals surface area contributed by atoms with Crippen LogP contribution in [-0.2, 0) is 26.2 Å². The summed E-state index contributed by atoms with van der Waals surface area (Å²) < 4.78 is 34.3. The number of carbonyl (C=O) groups is 2. The molecule has 2 amide bonds. The molecule has 8 nitrogen and oxygen atoms in total. The summed E-state index contributed by atoms with van der Waals surface area (Å²) in [4.78, 5) is 28.0. The number of benzene rings is 3. The third-order valence-electron chi connectivity index (χ3n) is 6.08. The summed E-state index contributed by atoms with van der Waals surface area (Å²) in [5.41, 5.74) is 1.98. The molecule has 0 aromatic heterocycles. The van der Waals surface area contributed by atoms with Gasteiger partial charge < -0.3 is 15.0 Å². The molecule has 10 heteroatoms. The molecular weight excluding hydrogens is 538 g/mol. The highest BCUT2D eigenvalue weighted by atomic mass is 35.5. The number of hydrogen-bond donors (Lipinski definition) is 1. The van der Waals surface area contributed by atoms with Crippen LogP contribution in [0.1, 0.15) is 31.9 Å². The third-order valence-corrected chi connectivity index (χ3v) is 8.11. The van der Waals surface area contributed by atoms with E-state index in [4.69, 9.17) is 16.3 Å². The normalized spacial score (nSPS) is 11.9. The number of hydrogen-bond acceptors (Lipinski definition) is 5. The van der Waals surface area contributed by atoms with Gasteiger partial charge in [-0.15, -0.1) is 0 Å². The number of carbonyl (C=O) groups excluding carboxylic acids is 2. The summed E-state index contributed by atoms with van der Waals surface area (Å²) in [7, 11) is -4.15. The lowest BCUT2D eigenvalue weighted by atomic mass is 10.1. The molecule has 3 aromatic rings. The van der Waals surface area contributed by atoms with E-state index in [0.29, 0.717) is 35.2 Å². The van der Waals surface area contributed by atoms with Gasteiger partial charge in [0.25, 0.3) is 10.0 Å². The summed E-state index contributed by atoms with van der Waals surface area (Å²) in [6.45, 7) is 7.53. The van der Waals surface area contributed by atoms with Crippen LogP contribution in [0.4, 0.5) is 5.69 Å². The Morgan fingerprint density at radius 1 is 1.00 bits per heavy atom. The van der Waals surface area contributed by atoms with Crippen molar-refractivity contribution in [1.82, 2.24) is 10.2 Å². The van der Waals surface area contributed by atoms with Crippen LogP contribution >= 0.6 is 11.6 Å². The lowest BCUT2D eigenvalue weighted by molar-refractivity contribution is -0.139. The Bertz CT molecular complexity index is 1380. The van der Waals surface area contributed by atoms with E-state index < -0.39 is 28.5 Å². The van der Waals surface area contributed by atoms with E-state index in [0.717, 1.165) is 9.87 Å². The first kappa shape index (κ1) is 30.0. The number of amides is 2. The molecule has 1 N–H and O–H groups in total. The number of sulfonamides is 1. The molecule has 1 atom stereocenters. The van der Waals surface area contributed by atoms with Gasteiger partial charge in [-0.05, 0) is 81.8 Å². The maximum Gasteiger partial charge on any atom is 0.264 e. The second-order valence-electron chi connectivity index (χ2n) is 8.97. The van der Waals surface area contributed by atoms with Crippen molar-refractivity contribution in [2.24, 2.45) is 0 Å². The Hall–Kier alpha value is -3.56. The average Bonchev–Trinajstić information content (AvgIpc) is 2.91. The molecule has 3 rings (SSSR count). The molecule has 0 saturated carbocycles. The number of nitrogens with zero attached hydrogens (tertiary/aromatic N) is 2. The minimum Gasteiger partial charge on any atom is -0.494 e. The zero-order valence-corrected chi connectivity index (χ0v) is 24.1. The van der Waals surface area contributed by atoms with Crippen molar-refractivity contribution in [2.75, 3.05) is 24.0 Å². The zero-order valence-electron chi connectivity index (χ0n) is 22.6. The number of ether oxygens (including phenoxy) is 1. The van der Waals surface area contributed by atoms with Crippen molar-refractivity contribution in [3.05, 3.63) is 88.9 Å². The van der Waals surface area contributed by atoms with Gasteiger partial charge in [0.1, 0.15) is 18.3 Å². The summed E-state index contributed by atoms with van der Waals surface area (Å²) in [5.74, 6) is -0.342. The van der Waals surface area contributed by atoms with Gasteiger partial charge in [0.2, 0.25) is 11.8 Å². The van der Waals surface area contributed by atoms with Crippen LogP contribution in [0.25, 0.3) is 0 Å². The van der Waals surface area contributed by atoms with Gasteiger partial charge in [-0.3, -0.25) is 13.9 Å². The van der Waals surface area contributed by atoms with Crippen LogP contribution in [0.5, 0.6) is 5.75 Å². The van der Waals surface area contributed by atoms with Crippen LogP contribution in [-0.4, -0.2) is 50.9 Å². The van der Waals surface area contributed by atoms with Gasteiger partial charge in [-0.2, -0.15) is 0 Å². The Morgan fingerprint density at radius 2 is 1.67 bits per heavy atom. The summed E-state index contributed by atoms with van der Waals surface area (Å²) in [6, 6.07) is 19.0. The van der Waals surface area contributed by atoms with E-state index in [-0.39, 0.29) is 17.3 Å². The topological polar surface area (TPSA) is 96.0 Å². The predicted molar refractivity (Wildman–Crippen MR) is 153 cm³/mol. The number of rotatable bonds is 12. The summed E-state index contributed by atoms with van der Waals surface area (Å²) >= 11 is 6.16. The Labute approximate surface area is 235 Å². The van der Waals surface area contributed by atoms with E-state index >= 15 is 0 Å². The molecule has 0 aliphatic rings. The van der Waals surface area contributed by atoms with E-state index in [1.165, 1.54) is 17.0 Å². The smallest absolute Gasteiger partial charge is 0.264 e. The van der Waals surface area contributed by atoms with Crippen molar-refractivity contribution in [2.45, 2.75) is 45.2 Å². The molecule has 39 heavy (non-hydrogen) atoms. The second-order valence-corrected chi connectivity index (χ2v) is 11.3. The SMILES string of the molecule is CCNC(=O)[C@H](C)N(Cc1cccc(Cl)c1)C(=O)CN(c1ccc(C)cc1)S(=O)(=O)c1ccc(OCC)cc1. The van der Waals surface area contributed by atoms with Gasteiger partial charge in [-0.25, -0.2) is 8.42 Å². The lowest BCUT2D eigenvalue weighted by Crippen LogP contribution is -2.51. The fourth-order valence-electron chi connectivity index (χ4n) is 3.98. The summed E-state index contributed by atoms with van der Waals surface area (Å²) in [6.07, 6.45) is 0. The molecule has 3 aromatic carbocycles. The largest absolute Gasteiger partial charge is 0.494 e. The van der Waals surface area contributed by atoms with Crippen LogP contribution in [0.3, 0.4) is 0 Å². The van der Waals surface area contributed by atoms with Gasteiger partial charge >= 0.3 is 0 Å². The highest BCUT2D eigenvalue weighted by Crippen LogP contribution is 2.26. The maximum absolute atomic E-state index is 13.9. The van der Waals surface area contributed by atoms with Crippen molar-refractivity contribution < 1.29 is 22.7 Å². The fraction of sp³-hybridized carbons (Fsp3) is 0.310. The van der Waals surface area contributed by atoms with Crippen LogP contribution in [0, 0.1) is 6.92 Å². The lowest BCUT2D eigenvalue weighted by Gasteiger charge is -2.32. The second kappa shape index (κ2) is 13.5. The van der Waals surface area contributed by atoms with E-state index in [1.54, 1.807) is 74.5 Å². The molecule has 0 aliphatic heterocycles. The number of nitrogens with one attached hydrogen (secondary N) is 1. The van der Waals surface area contributed by atoms with Crippen molar-refractivity contribution in [1.29, 1.82) is 0 Å². The molecular formula is C29H34ClN3O5S. The highest BCUT2D eigenvalue weighted by Gasteiger charge is 2.32. The molecule has 0 spiro atoms. The summed E-state index contributed by atoms with van der Waals surface area (Å²) in [5, 5.41) is 3.23. The molecule has 0 bridgehead atoms. The monoisotopic (exact) mass is 571 g/mol. The number of likely N-dealkylation sites (N-methyl/N-ethyl adjacent to an activating group) is 1. The molecule has 0 radical (unpaired) electrons. The molecule has 0 aliphatic carbocycles. The average molecular weight is 572 g/mol. The Balaban J connectivity index is 2.01. The van der Waals surface area contributed by atoms with Gasteiger partial charge in [0.05, 0.1) is 17.2 Å². The predicted octanol–water partition coefficient (Wildman–Crippen LogP) is 4.80. The van der Waals surface area contributed by atoms with E-state index in [2.05, 4.69) is 5.32 Å². The zero-order chi connectivity index (χ0) is 28.6. The van der Waals surface area contributed by atoms with Crippen LogP contribution < -0.4 is 14.4 Å². The highest BCUT2D eigenvalue weighted by molar-refractivity contribution is 7.92. The van der Waals surface area contributed by atoms with Gasteiger partial charge in [0.15, 0.2) is 0 Å². The minimum absolute atomic E-state index is 0.0116. The standard InChI is InChI=1S/C29H34ClN3O5S/c1-5-31-29(35)22(4)32(19-23-8-7-9-24(30)18-23)28(34)20-33(25-12-10-21(3)11-13-25)39(36,37)27-16-14-26(15-17-27)38-6-2/h7-18,22H,5-6,19-20H2,1-4H3,(H,31,35)/t22-/m0/s1. The Kier molecular flexibility index (Phi) is 10.4. The molecule has 0 heterocycles. The van der Waals surface area contributed by atoms with Gasteiger partial charge in [-0.1, -0.05) is 41.4 Å². The third kappa shape index (κ3) is 7.74. The van der Waals surface area contributed by atoms with E-state index in [1.807, 2.05) is 13.8 Å². The van der Waals surface area contributed by atoms with Gasteiger partial charge in [0, 0.05) is 18.1 Å². The van der Waals surface area contributed by atoms with E-state index in [9.17, 15) is 18.0 Å².